The molecule has 1 heterocycles. The summed E-state index contributed by atoms with van der Waals surface area (Å²) >= 11 is 5.76. The molecule has 0 spiro atoms. The zero-order valence-corrected chi connectivity index (χ0v) is 15.5. The Bertz CT molecular complexity index is 572. The van der Waals surface area contributed by atoms with E-state index in [1.54, 1.807) is 19.3 Å². The first kappa shape index (κ1) is 18.7. The van der Waals surface area contributed by atoms with Crippen LogP contribution in [0.2, 0.25) is 5.15 Å². The molecule has 2 rings (SSSR count). The number of guanidine groups is 1. The maximum atomic E-state index is 5.76. The number of hydrogen-bond acceptors (Lipinski definition) is 2. The lowest BCUT2D eigenvalue weighted by atomic mass is 10.1. The van der Waals surface area contributed by atoms with E-state index in [0.717, 1.165) is 24.5 Å². The van der Waals surface area contributed by atoms with Gasteiger partial charge in [0.15, 0.2) is 5.96 Å². The van der Waals surface area contributed by atoms with E-state index in [4.69, 9.17) is 11.6 Å². The van der Waals surface area contributed by atoms with Crippen LogP contribution in [0.25, 0.3) is 0 Å². The van der Waals surface area contributed by atoms with Gasteiger partial charge in [0, 0.05) is 26.3 Å². The minimum absolute atomic E-state index is 0. The first-order valence-electron chi connectivity index (χ1n) is 6.87. The van der Waals surface area contributed by atoms with Gasteiger partial charge in [-0.05, 0) is 23.6 Å². The van der Waals surface area contributed by atoms with Crippen molar-refractivity contribution in [2.75, 3.05) is 13.6 Å². The molecule has 0 atom stereocenters. The number of aliphatic imine (C=N–C) groups is 1. The Hall–Kier alpha value is -1.34. The molecule has 22 heavy (non-hydrogen) atoms. The number of rotatable bonds is 5. The Morgan fingerprint density at radius 3 is 2.50 bits per heavy atom. The summed E-state index contributed by atoms with van der Waals surface area (Å²) in [7, 11) is 1.76. The molecule has 2 aromatic rings. The van der Waals surface area contributed by atoms with Crippen LogP contribution in [0.15, 0.2) is 53.7 Å². The van der Waals surface area contributed by atoms with Crippen molar-refractivity contribution in [2.24, 2.45) is 4.99 Å². The third-order valence-corrected chi connectivity index (χ3v) is 3.24. The van der Waals surface area contributed by atoms with Gasteiger partial charge in [0.1, 0.15) is 5.15 Å². The van der Waals surface area contributed by atoms with Gasteiger partial charge in [0.05, 0.1) is 0 Å². The highest BCUT2D eigenvalue weighted by molar-refractivity contribution is 14.0. The van der Waals surface area contributed by atoms with Crippen molar-refractivity contribution >= 4 is 41.5 Å². The van der Waals surface area contributed by atoms with Crippen LogP contribution in [-0.2, 0) is 13.0 Å². The lowest BCUT2D eigenvalue weighted by molar-refractivity contribution is 0.793. The van der Waals surface area contributed by atoms with Gasteiger partial charge in [0.25, 0.3) is 0 Å². The number of benzene rings is 1. The molecule has 0 unspecified atom stereocenters. The van der Waals surface area contributed by atoms with E-state index >= 15 is 0 Å². The molecule has 1 aromatic heterocycles. The Labute approximate surface area is 153 Å². The molecular weight excluding hydrogens is 411 g/mol. The number of halogens is 2. The SMILES string of the molecule is CN=C(NCCc1ccccc1)NCc1ccc(Cl)nc1.I. The second-order valence-electron chi connectivity index (χ2n) is 4.58. The Morgan fingerprint density at radius 1 is 1.09 bits per heavy atom. The number of nitrogens with one attached hydrogen (secondary N) is 2. The van der Waals surface area contributed by atoms with Gasteiger partial charge in [-0.1, -0.05) is 48.0 Å². The van der Waals surface area contributed by atoms with E-state index in [9.17, 15) is 0 Å². The summed E-state index contributed by atoms with van der Waals surface area (Å²) in [6.45, 7) is 1.50. The van der Waals surface area contributed by atoms with Crippen LogP contribution in [0, 0.1) is 0 Å². The molecule has 0 aliphatic heterocycles. The summed E-state index contributed by atoms with van der Waals surface area (Å²) in [6, 6.07) is 14.1. The molecular formula is C16H20ClIN4. The molecule has 0 radical (unpaired) electrons. The van der Waals surface area contributed by atoms with Crippen LogP contribution in [-0.4, -0.2) is 24.5 Å². The highest BCUT2D eigenvalue weighted by atomic mass is 127. The second-order valence-corrected chi connectivity index (χ2v) is 4.96. The molecule has 4 nitrogen and oxygen atoms in total. The van der Waals surface area contributed by atoms with Crippen molar-refractivity contribution < 1.29 is 0 Å². The van der Waals surface area contributed by atoms with E-state index < -0.39 is 0 Å². The van der Waals surface area contributed by atoms with Crippen molar-refractivity contribution in [3.8, 4) is 0 Å². The zero-order chi connectivity index (χ0) is 14.9. The lowest BCUT2D eigenvalue weighted by Gasteiger charge is -2.11. The van der Waals surface area contributed by atoms with Crippen LogP contribution in [0.5, 0.6) is 0 Å². The maximum Gasteiger partial charge on any atom is 0.191 e. The van der Waals surface area contributed by atoms with E-state index in [1.165, 1.54) is 5.56 Å². The minimum Gasteiger partial charge on any atom is -0.356 e. The quantitative estimate of drug-likeness (QED) is 0.331. The van der Waals surface area contributed by atoms with Crippen molar-refractivity contribution in [1.29, 1.82) is 0 Å². The van der Waals surface area contributed by atoms with Gasteiger partial charge in [0.2, 0.25) is 0 Å². The van der Waals surface area contributed by atoms with Crippen LogP contribution >= 0.6 is 35.6 Å². The molecule has 0 amide bonds. The zero-order valence-electron chi connectivity index (χ0n) is 12.4. The predicted octanol–water partition coefficient (Wildman–Crippen LogP) is 3.26. The van der Waals surface area contributed by atoms with Gasteiger partial charge < -0.3 is 10.6 Å². The molecule has 6 heteroatoms. The van der Waals surface area contributed by atoms with Gasteiger partial charge in [-0.15, -0.1) is 24.0 Å². The number of pyridine rings is 1. The first-order chi connectivity index (χ1) is 10.3. The van der Waals surface area contributed by atoms with Crippen molar-refractivity contribution in [3.05, 3.63) is 64.9 Å². The summed E-state index contributed by atoms with van der Waals surface area (Å²) in [5.41, 5.74) is 2.37. The van der Waals surface area contributed by atoms with Crippen LogP contribution in [0.3, 0.4) is 0 Å². The summed E-state index contributed by atoms with van der Waals surface area (Å²) in [5, 5.41) is 7.04. The second kappa shape index (κ2) is 10.4. The van der Waals surface area contributed by atoms with E-state index in [0.29, 0.717) is 11.7 Å². The average molecular weight is 431 g/mol. The van der Waals surface area contributed by atoms with E-state index in [-0.39, 0.29) is 24.0 Å². The fourth-order valence-corrected chi connectivity index (χ4v) is 2.00. The normalized spacial score (nSPS) is 10.7. The van der Waals surface area contributed by atoms with Gasteiger partial charge in [-0.3, -0.25) is 4.99 Å². The smallest absolute Gasteiger partial charge is 0.191 e. The highest BCUT2D eigenvalue weighted by Gasteiger charge is 1.99. The molecule has 1 aromatic carbocycles. The molecule has 0 fully saturated rings. The standard InChI is InChI=1S/C16H19ClN4.HI/c1-18-16(19-10-9-13-5-3-2-4-6-13)21-12-14-7-8-15(17)20-11-14;/h2-8,11H,9-10,12H2,1H3,(H2,18,19,21);1H. The molecule has 0 saturated heterocycles. The molecule has 0 saturated carbocycles. The fraction of sp³-hybridized carbons (Fsp3) is 0.250. The lowest BCUT2D eigenvalue weighted by Crippen LogP contribution is -2.37. The molecule has 0 aliphatic carbocycles. The summed E-state index contributed by atoms with van der Waals surface area (Å²) < 4.78 is 0. The average Bonchev–Trinajstić information content (AvgIpc) is 2.53. The number of hydrogen-bond donors (Lipinski definition) is 2. The molecule has 0 bridgehead atoms. The van der Waals surface area contributed by atoms with Crippen LogP contribution < -0.4 is 10.6 Å². The van der Waals surface area contributed by atoms with Crippen molar-refractivity contribution in [2.45, 2.75) is 13.0 Å². The predicted molar refractivity (Wildman–Crippen MR) is 103 cm³/mol. The van der Waals surface area contributed by atoms with Gasteiger partial charge in [-0.25, -0.2) is 4.98 Å². The summed E-state index contributed by atoms with van der Waals surface area (Å²) in [5.74, 6) is 0.779. The Balaban J connectivity index is 0.00000242. The monoisotopic (exact) mass is 430 g/mol. The minimum atomic E-state index is 0. The third-order valence-electron chi connectivity index (χ3n) is 3.02. The topological polar surface area (TPSA) is 49.3 Å². The molecule has 2 N–H and O–H groups in total. The summed E-state index contributed by atoms with van der Waals surface area (Å²) in [6.07, 6.45) is 2.72. The Morgan fingerprint density at radius 2 is 1.86 bits per heavy atom. The Kier molecular flexibility index (Phi) is 8.84. The van der Waals surface area contributed by atoms with Crippen molar-refractivity contribution in [3.63, 3.8) is 0 Å². The van der Waals surface area contributed by atoms with Crippen molar-refractivity contribution in [1.82, 2.24) is 15.6 Å². The van der Waals surface area contributed by atoms with Gasteiger partial charge >= 0.3 is 0 Å². The first-order valence-corrected chi connectivity index (χ1v) is 7.24. The van der Waals surface area contributed by atoms with Crippen LogP contribution in [0.4, 0.5) is 0 Å². The number of nitrogens with zero attached hydrogens (tertiary/aromatic N) is 2. The molecule has 0 aliphatic rings. The largest absolute Gasteiger partial charge is 0.356 e. The maximum absolute atomic E-state index is 5.76. The summed E-state index contributed by atoms with van der Waals surface area (Å²) in [4.78, 5) is 8.25. The van der Waals surface area contributed by atoms with E-state index in [2.05, 4.69) is 44.9 Å². The van der Waals surface area contributed by atoms with E-state index in [1.807, 2.05) is 12.1 Å². The van der Waals surface area contributed by atoms with Gasteiger partial charge in [-0.2, -0.15) is 0 Å². The third kappa shape index (κ3) is 6.62. The molecule has 118 valence electrons. The number of aromatic nitrogens is 1. The highest BCUT2D eigenvalue weighted by Crippen LogP contribution is 2.04. The fourth-order valence-electron chi connectivity index (χ4n) is 1.89. The van der Waals surface area contributed by atoms with Crippen LogP contribution in [0.1, 0.15) is 11.1 Å².